The average Bonchev–Trinajstić information content (AvgIpc) is 2.23. The summed E-state index contributed by atoms with van der Waals surface area (Å²) in [6.45, 7) is 1.89. The molecule has 1 aromatic rings. The molecule has 0 bridgehead atoms. The number of nitrogens with one attached hydrogen (secondary N) is 1. The van der Waals surface area contributed by atoms with Gasteiger partial charge < -0.3 is 5.32 Å². The van der Waals surface area contributed by atoms with Crippen molar-refractivity contribution in [1.29, 1.82) is 0 Å². The van der Waals surface area contributed by atoms with E-state index in [4.69, 9.17) is 0 Å². The monoisotopic (exact) mass is 309 g/mol. The van der Waals surface area contributed by atoms with Gasteiger partial charge in [-0.15, -0.1) is 0 Å². The first-order valence-corrected chi connectivity index (χ1v) is 7.45. The van der Waals surface area contributed by atoms with Crippen molar-refractivity contribution in [3.63, 3.8) is 0 Å². The summed E-state index contributed by atoms with van der Waals surface area (Å²) in [4.78, 5) is 0. The second kappa shape index (κ2) is 5.63. The van der Waals surface area contributed by atoms with Crippen molar-refractivity contribution >= 4 is 31.5 Å². The second-order valence-corrected chi connectivity index (χ2v) is 6.62. The zero-order valence-electron chi connectivity index (χ0n) is 8.83. The van der Waals surface area contributed by atoms with Gasteiger partial charge in [-0.1, -0.05) is 6.92 Å². The first kappa shape index (κ1) is 13.4. The van der Waals surface area contributed by atoms with Gasteiger partial charge in [0, 0.05) is 18.0 Å². The molecular weight excluding hydrogens is 297 g/mol. The fourth-order valence-electron chi connectivity index (χ4n) is 1.10. The maximum Gasteiger partial charge on any atom is 0.151 e. The molecule has 0 heterocycles. The minimum Gasteiger partial charge on any atom is -0.384 e. The van der Waals surface area contributed by atoms with Crippen LogP contribution in [0.5, 0.6) is 0 Å². The van der Waals surface area contributed by atoms with Crippen LogP contribution in [-0.4, -0.2) is 26.5 Å². The molecule has 1 N–H and O–H groups in total. The Kier molecular flexibility index (Phi) is 4.73. The molecule has 0 saturated heterocycles. The highest BCUT2D eigenvalue weighted by Crippen LogP contribution is 2.19. The largest absolute Gasteiger partial charge is 0.384 e. The zero-order valence-corrected chi connectivity index (χ0v) is 11.2. The van der Waals surface area contributed by atoms with Crippen molar-refractivity contribution in [2.24, 2.45) is 0 Å². The van der Waals surface area contributed by atoms with E-state index in [9.17, 15) is 12.8 Å². The van der Waals surface area contributed by atoms with E-state index in [1.54, 1.807) is 19.1 Å². The first-order valence-electron chi connectivity index (χ1n) is 4.84. The lowest BCUT2D eigenvalue weighted by molar-refractivity contribution is 0.597. The molecule has 0 atom stereocenters. The predicted octanol–water partition coefficient (Wildman–Crippen LogP) is 2.43. The van der Waals surface area contributed by atoms with E-state index in [1.807, 2.05) is 0 Å². The Hall–Kier alpha value is -0.620. The molecule has 0 aliphatic carbocycles. The Balaban J connectivity index is 2.53. The van der Waals surface area contributed by atoms with Crippen molar-refractivity contribution in [1.82, 2.24) is 0 Å². The third-order valence-electron chi connectivity index (χ3n) is 2.10. The lowest BCUT2D eigenvalue weighted by Crippen LogP contribution is -2.17. The number of hydrogen-bond donors (Lipinski definition) is 1. The molecule has 3 nitrogen and oxygen atoms in total. The van der Waals surface area contributed by atoms with Gasteiger partial charge in [0.05, 0.1) is 10.2 Å². The number of benzene rings is 1. The van der Waals surface area contributed by atoms with Crippen LogP contribution >= 0.6 is 15.9 Å². The molecule has 0 aromatic heterocycles. The van der Waals surface area contributed by atoms with Gasteiger partial charge in [0.2, 0.25) is 0 Å². The van der Waals surface area contributed by atoms with Gasteiger partial charge in [-0.25, -0.2) is 12.8 Å². The van der Waals surface area contributed by atoms with Crippen molar-refractivity contribution in [2.45, 2.75) is 6.92 Å². The van der Waals surface area contributed by atoms with Crippen LogP contribution in [0.2, 0.25) is 0 Å². The normalized spacial score (nSPS) is 11.4. The van der Waals surface area contributed by atoms with Crippen LogP contribution in [0.15, 0.2) is 22.7 Å². The third-order valence-corrected chi connectivity index (χ3v) is 4.45. The van der Waals surface area contributed by atoms with E-state index in [2.05, 4.69) is 21.2 Å². The summed E-state index contributed by atoms with van der Waals surface area (Å²) >= 11 is 3.04. The van der Waals surface area contributed by atoms with Gasteiger partial charge in [0.25, 0.3) is 0 Å². The van der Waals surface area contributed by atoms with E-state index in [0.717, 1.165) is 0 Å². The summed E-state index contributed by atoms with van der Waals surface area (Å²) in [6.07, 6.45) is 0. The topological polar surface area (TPSA) is 46.2 Å². The van der Waals surface area contributed by atoms with Crippen LogP contribution in [0.1, 0.15) is 6.92 Å². The fourth-order valence-corrected chi connectivity index (χ4v) is 2.05. The molecule has 6 heteroatoms. The Morgan fingerprint density at radius 2 is 2.12 bits per heavy atom. The minimum atomic E-state index is -2.97. The Bertz CT molecular complexity index is 462. The van der Waals surface area contributed by atoms with E-state index in [0.29, 0.717) is 10.2 Å². The molecule has 16 heavy (non-hydrogen) atoms. The first-order chi connectivity index (χ1) is 7.44. The predicted molar refractivity (Wildman–Crippen MR) is 66.9 cm³/mol. The van der Waals surface area contributed by atoms with E-state index in [-0.39, 0.29) is 23.9 Å². The van der Waals surface area contributed by atoms with Gasteiger partial charge in [-0.3, -0.25) is 0 Å². The standard InChI is InChI=1S/C10H13BrFNO2S/c1-2-16(14,15)6-5-13-8-3-4-9(11)10(12)7-8/h3-4,7,13H,2,5-6H2,1H3. The summed E-state index contributed by atoms with van der Waals surface area (Å²) in [7, 11) is -2.97. The molecule has 1 rings (SSSR count). The highest BCUT2D eigenvalue weighted by Gasteiger charge is 2.06. The van der Waals surface area contributed by atoms with Gasteiger partial charge in [-0.05, 0) is 34.1 Å². The smallest absolute Gasteiger partial charge is 0.151 e. The SMILES string of the molecule is CCS(=O)(=O)CCNc1ccc(Br)c(F)c1. The molecule has 0 aliphatic heterocycles. The Labute approximate surface area is 103 Å². The number of halogens is 2. The van der Waals surface area contributed by atoms with Crippen molar-refractivity contribution < 1.29 is 12.8 Å². The molecule has 0 unspecified atom stereocenters. The summed E-state index contributed by atoms with van der Waals surface area (Å²) < 4.78 is 35.9. The summed E-state index contributed by atoms with van der Waals surface area (Å²) in [6, 6.07) is 4.58. The van der Waals surface area contributed by atoms with Crippen molar-refractivity contribution in [2.75, 3.05) is 23.4 Å². The highest BCUT2D eigenvalue weighted by molar-refractivity contribution is 9.10. The van der Waals surface area contributed by atoms with Crippen molar-refractivity contribution in [3.05, 3.63) is 28.5 Å². The quantitative estimate of drug-likeness (QED) is 0.908. The van der Waals surface area contributed by atoms with Gasteiger partial charge in [0.15, 0.2) is 9.84 Å². The summed E-state index contributed by atoms with van der Waals surface area (Å²) in [5.74, 6) is -0.187. The van der Waals surface area contributed by atoms with E-state index < -0.39 is 9.84 Å². The highest BCUT2D eigenvalue weighted by atomic mass is 79.9. The van der Waals surface area contributed by atoms with E-state index in [1.165, 1.54) is 6.07 Å². The molecule has 0 fully saturated rings. The lowest BCUT2D eigenvalue weighted by atomic mass is 10.3. The zero-order chi connectivity index (χ0) is 12.2. The molecule has 0 amide bonds. The van der Waals surface area contributed by atoms with Crippen LogP contribution < -0.4 is 5.32 Å². The second-order valence-electron chi connectivity index (χ2n) is 3.29. The summed E-state index contributed by atoms with van der Waals surface area (Å²) in [5.41, 5.74) is 0.576. The Morgan fingerprint density at radius 3 is 2.69 bits per heavy atom. The van der Waals surface area contributed by atoms with E-state index >= 15 is 0 Å². The molecule has 90 valence electrons. The Morgan fingerprint density at radius 1 is 1.44 bits per heavy atom. The van der Waals surface area contributed by atoms with Crippen LogP contribution in [0.25, 0.3) is 0 Å². The van der Waals surface area contributed by atoms with Crippen LogP contribution in [0.3, 0.4) is 0 Å². The molecular formula is C10H13BrFNO2S. The molecule has 0 spiro atoms. The van der Waals surface area contributed by atoms with Gasteiger partial charge >= 0.3 is 0 Å². The maximum absolute atomic E-state index is 13.1. The van der Waals surface area contributed by atoms with Crippen molar-refractivity contribution in [3.8, 4) is 0 Å². The third kappa shape index (κ3) is 4.09. The number of sulfone groups is 1. The van der Waals surface area contributed by atoms with Crippen LogP contribution in [0, 0.1) is 5.82 Å². The van der Waals surface area contributed by atoms with Crippen LogP contribution in [-0.2, 0) is 9.84 Å². The lowest BCUT2D eigenvalue weighted by Gasteiger charge is -2.06. The molecule has 1 aromatic carbocycles. The molecule has 0 radical (unpaired) electrons. The fraction of sp³-hybridized carbons (Fsp3) is 0.400. The number of hydrogen-bond acceptors (Lipinski definition) is 3. The van der Waals surface area contributed by atoms with Crippen LogP contribution in [0.4, 0.5) is 10.1 Å². The maximum atomic E-state index is 13.1. The summed E-state index contributed by atoms with van der Waals surface area (Å²) in [5, 5.41) is 2.86. The molecule has 0 saturated carbocycles. The van der Waals surface area contributed by atoms with Gasteiger partial charge in [0.1, 0.15) is 5.82 Å². The average molecular weight is 310 g/mol. The number of anilines is 1. The minimum absolute atomic E-state index is 0.0567. The molecule has 0 aliphatic rings. The number of rotatable bonds is 5. The van der Waals surface area contributed by atoms with Gasteiger partial charge in [-0.2, -0.15) is 0 Å².